The van der Waals surface area contributed by atoms with E-state index in [4.69, 9.17) is 0 Å². The topological polar surface area (TPSA) is 0 Å². The van der Waals surface area contributed by atoms with Gasteiger partial charge in [-0.05, 0) is 18.3 Å². The van der Waals surface area contributed by atoms with Gasteiger partial charge in [-0.1, -0.05) is 44.6 Å². The second-order valence-corrected chi connectivity index (χ2v) is 3.44. The van der Waals surface area contributed by atoms with E-state index in [0.29, 0.717) is 11.8 Å². The van der Waals surface area contributed by atoms with Gasteiger partial charge in [0, 0.05) is 0 Å². The monoisotopic (exact) mass is 136 g/mol. The van der Waals surface area contributed by atoms with E-state index in [1.807, 2.05) is 0 Å². The van der Waals surface area contributed by atoms with E-state index in [0.717, 1.165) is 6.42 Å². The molecule has 56 valence electrons. The zero-order valence-electron chi connectivity index (χ0n) is 7.15. The van der Waals surface area contributed by atoms with Crippen LogP contribution in [0.1, 0.15) is 27.2 Å². The second kappa shape index (κ2) is 2.61. The lowest BCUT2D eigenvalue weighted by Gasteiger charge is -2.13. The van der Waals surface area contributed by atoms with Crippen molar-refractivity contribution in [1.82, 2.24) is 0 Å². The van der Waals surface area contributed by atoms with Gasteiger partial charge in [0.2, 0.25) is 0 Å². The predicted octanol–water partition coefficient (Wildman–Crippen LogP) is 3.16. The van der Waals surface area contributed by atoms with Gasteiger partial charge in [-0.2, -0.15) is 0 Å². The van der Waals surface area contributed by atoms with Crippen LogP contribution in [0.25, 0.3) is 0 Å². The smallest absolute Gasteiger partial charge is 0.00184 e. The van der Waals surface area contributed by atoms with Crippen LogP contribution in [0, 0.1) is 11.8 Å². The Morgan fingerprint density at radius 2 is 2.20 bits per heavy atom. The lowest BCUT2D eigenvalue weighted by molar-refractivity contribution is 0.664. The molecule has 1 atom stereocenters. The van der Waals surface area contributed by atoms with Gasteiger partial charge in [-0.25, -0.2) is 0 Å². The zero-order chi connectivity index (χ0) is 7.72. The van der Waals surface area contributed by atoms with Gasteiger partial charge in [-0.15, -0.1) is 0 Å². The fraction of sp³-hybridized carbons (Fsp3) is 0.600. The summed E-state index contributed by atoms with van der Waals surface area (Å²) in [6.45, 7) is 10.8. The molecule has 1 aliphatic carbocycles. The minimum Gasteiger partial charge on any atom is -0.0990 e. The largest absolute Gasteiger partial charge is 0.0990 e. The summed E-state index contributed by atoms with van der Waals surface area (Å²) in [6.07, 6.45) is 3.44. The summed E-state index contributed by atoms with van der Waals surface area (Å²) in [5.74, 6) is 1.34. The van der Waals surface area contributed by atoms with E-state index in [1.54, 1.807) is 5.57 Å². The molecule has 0 heteroatoms. The molecule has 0 aromatic heterocycles. The molecule has 0 aliphatic heterocycles. The summed E-state index contributed by atoms with van der Waals surface area (Å²) in [4.78, 5) is 0. The molecular weight excluding hydrogens is 120 g/mol. The van der Waals surface area contributed by atoms with Crippen molar-refractivity contribution in [1.29, 1.82) is 0 Å². The molecule has 1 unspecified atom stereocenters. The van der Waals surface area contributed by atoms with Crippen LogP contribution in [0.3, 0.4) is 0 Å². The maximum absolute atomic E-state index is 4.02. The van der Waals surface area contributed by atoms with E-state index in [-0.39, 0.29) is 0 Å². The van der Waals surface area contributed by atoms with Gasteiger partial charge >= 0.3 is 0 Å². The zero-order valence-corrected chi connectivity index (χ0v) is 7.15. The van der Waals surface area contributed by atoms with Crippen LogP contribution in [0.15, 0.2) is 23.8 Å². The first-order chi connectivity index (χ1) is 4.63. The third-order valence-electron chi connectivity index (χ3n) is 2.38. The minimum absolute atomic E-state index is 0.639. The Balaban J connectivity index is 2.72. The standard InChI is InChI=1S/C10H16/c1-7(2)10-6-5-8(3)9(10)4/h6-7,9H,3,5H2,1-2,4H3. The van der Waals surface area contributed by atoms with Crippen LogP contribution in [-0.4, -0.2) is 0 Å². The molecule has 0 fully saturated rings. The Morgan fingerprint density at radius 1 is 1.60 bits per heavy atom. The molecule has 0 saturated carbocycles. The van der Waals surface area contributed by atoms with E-state index < -0.39 is 0 Å². The van der Waals surface area contributed by atoms with Gasteiger partial charge in [0.15, 0.2) is 0 Å². The first-order valence-corrected chi connectivity index (χ1v) is 4.00. The highest BCUT2D eigenvalue weighted by Gasteiger charge is 2.19. The predicted molar refractivity (Wildman–Crippen MR) is 45.8 cm³/mol. The highest BCUT2D eigenvalue weighted by Crippen LogP contribution is 2.33. The molecule has 1 rings (SSSR count). The molecule has 0 amide bonds. The maximum atomic E-state index is 4.02. The quantitative estimate of drug-likeness (QED) is 0.486. The Bertz CT molecular complexity index is 172. The summed E-state index contributed by atoms with van der Waals surface area (Å²) in [7, 11) is 0. The molecule has 0 aromatic carbocycles. The number of rotatable bonds is 1. The highest BCUT2D eigenvalue weighted by molar-refractivity contribution is 5.28. The van der Waals surface area contributed by atoms with Gasteiger partial charge in [0.1, 0.15) is 0 Å². The van der Waals surface area contributed by atoms with Crippen molar-refractivity contribution in [3.8, 4) is 0 Å². The van der Waals surface area contributed by atoms with Crippen LogP contribution in [0.2, 0.25) is 0 Å². The summed E-state index contributed by atoms with van der Waals surface area (Å²) in [5.41, 5.74) is 2.95. The van der Waals surface area contributed by atoms with Crippen LogP contribution < -0.4 is 0 Å². The van der Waals surface area contributed by atoms with Gasteiger partial charge < -0.3 is 0 Å². The van der Waals surface area contributed by atoms with Crippen LogP contribution in [-0.2, 0) is 0 Å². The average molecular weight is 136 g/mol. The van der Waals surface area contributed by atoms with Gasteiger partial charge in [-0.3, -0.25) is 0 Å². The Labute approximate surface area is 63.6 Å². The Kier molecular flexibility index (Phi) is 1.98. The molecule has 0 heterocycles. The van der Waals surface area contributed by atoms with Crippen molar-refractivity contribution in [2.45, 2.75) is 27.2 Å². The summed E-state index contributed by atoms with van der Waals surface area (Å²) in [6, 6.07) is 0. The van der Waals surface area contributed by atoms with E-state index in [2.05, 4.69) is 33.4 Å². The van der Waals surface area contributed by atoms with Crippen LogP contribution >= 0.6 is 0 Å². The molecule has 1 aliphatic rings. The molecule has 0 aromatic rings. The third-order valence-corrected chi connectivity index (χ3v) is 2.38. The highest BCUT2D eigenvalue weighted by atomic mass is 14.2. The molecule has 0 nitrogen and oxygen atoms in total. The van der Waals surface area contributed by atoms with E-state index in [1.165, 1.54) is 5.57 Å². The SMILES string of the molecule is C=C1CC=C(C(C)C)C1C. The first-order valence-electron chi connectivity index (χ1n) is 4.00. The number of allylic oxidation sites excluding steroid dienone is 3. The van der Waals surface area contributed by atoms with Crippen molar-refractivity contribution in [3.05, 3.63) is 23.8 Å². The minimum atomic E-state index is 0.639. The molecular formula is C10H16. The lowest BCUT2D eigenvalue weighted by atomic mass is 9.92. The lowest BCUT2D eigenvalue weighted by Crippen LogP contribution is -2.01. The van der Waals surface area contributed by atoms with Crippen LogP contribution in [0.4, 0.5) is 0 Å². The van der Waals surface area contributed by atoms with Gasteiger partial charge in [0.05, 0.1) is 0 Å². The van der Waals surface area contributed by atoms with Crippen molar-refractivity contribution in [3.63, 3.8) is 0 Å². The van der Waals surface area contributed by atoms with E-state index >= 15 is 0 Å². The van der Waals surface area contributed by atoms with Crippen molar-refractivity contribution in [2.75, 3.05) is 0 Å². The molecule has 0 radical (unpaired) electrons. The molecule has 0 saturated heterocycles. The first kappa shape index (κ1) is 7.59. The fourth-order valence-electron chi connectivity index (χ4n) is 1.57. The molecule has 10 heavy (non-hydrogen) atoms. The molecule has 0 bridgehead atoms. The summed E-state index contributed by atoms with van der Waals surface area (Å²) in [5, 5.41) is 0. The summed E-state index contributed by atoms with van der Waals surface area (Å²) >= 11 is 0. The van der Waals surface area contributed by atoms with Crippen molar-refractivity contribution >= 4 is 0 Å². The number of hydrogen-bond acceptors (Lipinski definition) is 0. The Morgan fingerprint density at radius 3 is 2.40 bits per heavy atom. The molecule has 0 spiro atoms. The maximum Gasteiger partial charge on any atom is -0.00184 e. The normalized spacial score (nSPS) is 25.8. The average Bonchev–Trinajstić information content (AvgIpc) is 2.14. The van der Waals surface area contributed by atoms with E-state index in [9.17, 15) is 0 Å². The fourth-order valence-corrected chi connectivity index (χ4v) is 1.57. The van der Waals surface area contributed by atoms with Crippen LogP contribution in [0.5, 0.6) is 0 Å². The number of hydrogen-bond donors (Lipinski definition) is 0. The van der Waals surface area contributed by atoms with Gasteiger partial charge in [0.25, 0.3) is 0 Å². The van der Waals surface area contributed by atoms with Crippen molar-refractivity contribution in [2.24, 2.45) is 11.8 Å². The Hall–Kier alpha value is -0.520. The van der Waals surface area contributed by atoms with Crippen molar-refractivity contribution < 1.29 is 0 Å². The molecule has 0 N–H and O–H groups in total. The summed E-state index contributed by atoms with van der Waals surface area (Å²) < 4.78 is 0. The third kappa shape index (κ3) is 1.16. The second-order valence-electron chi connectivity index (χ2n) is 3.44.